The van der Waals surface area contributed by atoms with Gasteiger partial charge in [-0.1, -0.05) is 18.6 Å². The largest absolute Gasteiger partial charge is 0.463 e. The van der Waals surface area contributed by atoms with Crippen LogP contribution < -0.4 is 0 Å². The molecule has 116 valence electrons. The van der Waals surface area contributed by atoms with E-state index in [1.807, 2.05) is 4.90 Å². The minimum Gasteiger partial charge on any atom is -0.463 e. The van der Waals surface area contributed by atoms with Crippen molar-refractivity contribution < 1.29 is 18.7 Å². The minimum atomic E-state index is -1.29. The second kappa shape index (κ2) is 7.00. The number of piperidine rings is 1. The Bertz CT molecular complexity index is 471. The van der Waals surface area contributed by atoms with Crippen LogP contribution in [0.4, 0.5) is 4.39 Å². The van der Waals surface area contributed by atoms with Crippen LogP contribution in [0.3, 0.4) is 0 Å². The van der Waals surface area contributed by atoms with Gasteiger partial charge in [0.15, 0.2) is 0 Å². The predicted octanol–water partition coefficient (Wildman–Crippen LogP) is 2.67. The molecule has 1 aliphatic heterocycles. The molecule has 0 bridgehead atoms. The molecule has 0 aromatic heterocycles. The molecule has 0 saturated carbocycles. The Kier molecular flexibility index (Phi) is 5.31. The molecular formula is C16H22FNO3. The summed E-state index contributed by atoms with van der Waals surface area (Å²) in [6.07, 6.45) is 3.15. The third kappa shape index (κ3) is 3.09. The van der Waals surface area contributed by atoms with Crippen LogP contribution in [0.5, 0.6) is 0 Å². The monoisotopic (exact) mass is 295 g/mol. The van der Waals surface area contributed by atoms with Crippen molar-refractivity contribution in [2.75, 3.05) is 26.8 Å². The molecule has 2 rings (SSSR count). The second-order valence-electron chi connectivity index (χ2n) is 5.12. The number of hydrogen-bond acceptors (Lipinski definition) is 4. The van der Waals surface area contributed by atoms with Crippen molar-refractivity contribution in [3.05, 3.63) is 35.6 Å². The first-order valence-corrected chi connectivity index (χ1v) is 7.38. The molecule has 1 heterocycles. The van der Waals surface area contributed by atoms with Crippen molar-refractivity contribution in [2.24, 2.45) is 0 Å². The number of likely N-dealkylation sites (tertiary alicyclic amines) is 1. The number of rotatable bonds is 5. The van der Waals surface area contributed by atoms with Crippen molar-refractivity contribution in [3.63, 3.8) is 0 Å². The number of ether oxygens (including phenoxy) is 2. The number of halogens is 1. The number of hydrogen-bond donors (Lipinski definition) is 0. The predicted molar refractivity (Wildman–Crippen MR) is 77.1 cm³/mol. The number of methoxy groups -OCH3 is 1. The first kappa shape index (κ1) is 15.9. The lowest BCUT2D eigenvalue weighted by Gasteiger charge is -2.42. The molecule has 1 saturated heterocycles. The molecule has 0 radical (unpaired) electrons. The highest BCUT2D eigenvalue weighted by atomic mass is 19.1. The Morgan fingerprint density at radius 1 is 1.24 bits per heavy atom. The van der Waals surface area contributed by atoms with Crippen molar-refractivity contribution in [1.29, 1.82) is 0 Å². The smallest absolute Gasteiger partial charge is 0.359 e. The van der Waals surface area contributed by atoms with Gasteiger partial charge in [-0.15, -0.1) is 0 Å². The van der Waals surface area contributed by atoms with Crippen LogP contribution in [0.2, 0.25) is 0 Å². The Labute approximate surface area is 124 Å². The molecule has 0 N–H and O–H groups in total. The molecule has 1 aromatic rings. The molecule has 0 amide bonds. The zero-order valence-corrected chi connectivity index (χ0v) is 12.6. The minimum absolute atomic E-state index is 0.277. The Morgan fingerprint density at radius 2 is 1.86 bits per heavy atom. The van der Waals surface area contributed by atoms with Crippen molar-refractivity contribution in [1.82, 2.24) is 4.90 Å². The number of esters is 1. The van der Waals surface area contributed by atoms with E-state index in [4.69, 9.17) is 9.47 Å². The molecule has 1 atom stereocenters. The van der Waals surface area contributed by atoms with Crippen LogP contribution in [-0.2, 0) is 20.0 Å². The topological polar surface area (TPSA) is 38.8 Å². The first-order chi connectivity index (χ1) is 10.1. The fraction of sp³-hybridized carbons (Fsp3) is 0.562. The maximum atomic E-state index is 13.2. The van der Waals surface area contributed by atoms with Crippen LogP contribution >= 0.6 is 0 Å². The van der Waals surface area contributed by atoms with E-state index in [-0.39, 0.29) is 12.4 Å². The third-order valence-corrected chi connectivity index (χ3v) is 3.88. The quantitative estimate of drug-likeness (QED) is 0.783. The van der Waals surface area contributed by atoms with Crippen molar-refractivity contribution >= 4 is 5.97 Å². The maximum absolute atomic E-state index is 13.2. The highest BCUT2D eigenvalue weighted by Crippen LogP contribution is 2.33. The van der Waals surface area contributed by atoms with Gasteiger partial charge in [-0.25, -0.2) is 9.18 Å². The summed E-state index contributed by atoms with van der Waals surface area (Å²) in [6.45, 7) is 3.55. The number of carbonyl (C=O) groups excluding carboxylic acids is 1. The molecule has 0 aliphatic carbocycles. The highest BCUT2D eigenvalue weighted by molar-refractivity contribution is 5.81. The van der Waals surface area contributed by atoms with Crippen LogP contribution in [0.1, 0.15) is 31.7 Å². The molecule has 1 unspecified atom stereocenters. The van der Waals surface area contributed by atoms with Crippen LogP contribution in [0.15, 0.2) is 24.3 Å². The molecule has 4 nitrogen and oxygen atoms in total. The standard InChI is InChI=1S/C16H22FNO3/c1-3-21-15(19)16(20-2,18-11-5-4-6-12-18)13-7-9-14(17)10-8-13/h7-10H,3-6,11-12H2,1-2H3. The van der Waals surface area contributed by atoms with E-state index in [0.717, 1.165) is 32.4 Å². The average Bonchev–Trinajstić information content (AvgIpc) is 2.52. The summed E-state index contributed by atoms with van der Waals surface area (Å²) in [5.74, 6) is -0.785. The number of benzene rings is 1. The lowest BCUT2D eigenvalue weighted by Crippen LogP contribution is -2.55. The molecule has 0 spiro atoms. The van der Waals surface area contributed by atoms with Gasteiger partial charge in [0.25, 0.3) is 0 Å². The summed E-state index contributed by atoms with van der Waals surface area (Å²) in [7, 11) is 1.49. The van der Waals surface area contributed by atoms with Crippen LogP contribution in [0.25, 0.3) is 0 Å². The van der Waals surface area contributed by atoms with Gasteiger partial charge in [-0.05, 0) is 31.9 Å². The molecule has 1 fully saturated rings. The van der Waals surface area contributed by atoms with Gasteiger partial charge < -0.3 is 9.47 Å². The zero-order chi connectivity index (χ0) is 15.3. The average molecular weight is 295 g/mol. The summed E-state index contributed by atoms with van der Waals surface area (Å²) in [5, 5.41) is 0. The lowest BCUT2D eigenvalue weighted by atomic mass is 9.97. The summed E-state index contributed by atoms with van der Waals surface area (Å²) in [6, 6.07) is 5.85. The fourth-order valence-electron chi connectivity index (χ4n) is 2.87. The molecule has 5 heteroatoms. The third-order valence-electron chi connectivity index (χ3n) is 3.88. The van der Waals surface area contributed by atoms with E-state index in [2.05, 4.69) is 0 Å². The van der Waals surface area contributed by atoms with Gasteiger partial charge in [0.1, 0.15) is 5.82 Å². The van der Waals surface area contributed by atoms with Gasteiger partial charge in [0, 0.05) is 25.8 Å². The van der Waals surface area contributed by atoms with Gasteiger partial charge in [-0.3, -0.25) is 4.90 Å². The van der Waals surface area contributed by atoms with Gasteiger partial charge >= 0.3 is 5.97 Å². The maximum Gasteiger partial charge on any atom is 0.359 e. The summed E-state index contributed by atoms with van der Waals surface area (Å²) >= 11 is 0. The van der Waals surface area contributed by atoms with Crippen molar-refractivity contribution in [2.45, 2.75) is 31.9 Å². The molecular weight excluding hydrogens is 273 g/mol. The Morgan fingerprint density at radius 3 is 2.38 bits per heavy atom. The van der Waals surface area contributed by atoms with E-state index >= 15 is 0 Å². The fourth-order valence-corrected chi connectivity index (χ4v) is 2.87. The SMILES string of the molecule is CCOC(=O)C(OC)(c1ccc(F)cc1)N1CCCCC1. The zero-order valence-electron chi connectivity index (χ0n) is 12.6. The molecule has 21 heavy (non-hydrogen) atoms. The van der Waals surface area contributed by atoms with E-state index in [9.17, 15) is 9.18 Å². The first-order valence-electron chi connectivity index (χ1n) is 7.38. The van der Waals surface area contributed by atoms with Gasteiger partial charge in [-0.2, -0.15) is 0 Å². The van der Waals surface area contributed by atoms with E-state index in [0.29, 0.717) is 5.56 Å². The summed E-state index contributed by atoms with van der Waals surface area (Å²) in [5.41, 5.74) is -0.684. The van der Waals surface area contributed by atoms with E-state index in [1.54, 1.807) is 19.1 Å². The number of carbonyl (C=O) groups is 1. The van der Waals surface area contributed by atoms with Gasteiger partial charge in [0.2, 0.25) is 5.72 Å². The normalized spacial score (nSPS) is 19.0. The second-order valence-corrected chi connectivity index (χ2v) is 5.12. The van der Waals surface area contributed by atoms with Crippen LogP contribution in [0, 0.1) is 5.82 Å². The molecule has 1 aromatic carbocycles. The van der Waals surface area contributed by atoms with Crippen molar-refractivity contribution in [3.8, 4) is 0 Å². The Hall–Kier alpha value is -1.46. The lowest BCUT2D eigenvalue weighted by molar-refractivity contribution is -0.203. The number of nitrogens with zero attached hydrogens (tertiary/aromatic N) is 1. The highest BCUT2D eigenvalue weighted by Gasteiger charge is 2.48. The van der Waals surface area contributed by atoms with Gasteiger partial charge in [0.05, 0.1) is 6.61 Å². The Balaban J connectivity index is 2.44. The molecule has 1 aliphatic rings. The van der Waals surface area contributed by atoms with E-state index < -0.39 is 11.7 Å². The summed E-state index contributed by atoms with van der Waals surface area (Å²) < 4.78 is 24.1. The van der Waals surface area contributed by atoms with Crippen LogP contribution in [-0.4, -0.2) is 37.7 Å². The van der Waals surface area contributed by atoms with E-state index in [1.165, 1.54) is 19.2 Å². The summed E-state index contributed by atoms with van der Waals surface area (Å²) in [4.78, 5) is 14.6.